The van der Waals surface area contributed by atoms with Crippen molar-refractivity contribution in [1.82, 2.24) is 4.90 Å². The molecule has 1 aliphatic rings. The molecule has 0 radical (unpaired) electrons. The highest BCUT2D eigenvalue weighted by Crippen LogP contribution is 2.28. The molecule has 1 saturated heterocycles. The minimum atomic E-state index is -0.463. The van der Waals surface area contributed by atoms with Crippen molar-refractivity contribution >= 4 is 0 Å². The van der Waals surface area contributed by atoms with Crippen LogP contribution < -0.4 is 10.5 Å². The third-order valence-electron chi connectivity index (χ3n) is 3.85. The van der Waals surface area contributed by atoms with Gasteiger partial charge in [-0.1, -0.05) is 32.0 Å². The Morgan fingerprint density at radius 3 is 2.80 bits per heavy atom. The SMILES string of the molecule is CC1(C)CCN(CC(O)COc2ccccc2CN)C1. The molecule has 0 amide bonds. The van der Waals surface area contributed by atoms with Gasteiger partial charge in [0.05, 0.1) is 0 Å². The van der Waals surface area contributed by atoms with Crippen LogP contribution in [0.25, 0.3) is 0 Å². The van der Waals surface area contributed by atoms with Crippen molar-refractivity contribution in [3.8, 4) is 5.75 Å². The number of nitrogens with zero attached hydrogens (tertiary/aromatic N) is 1. The third kappa shape index (κ3) is 4.20. The predicted molar refractivity (Wildman–Crippen MR) is 80.7 cm³/mol. The fourth-order valence-electron chi connectivity index (χ4n) is 2.73. The van der Waals surface area contributed by atoms with E-state index in [0.717, 1.165) is 24.4 Å². The van der Waals surface area contributed by atoms with Gasteiger partial charge in [0.1, 0.15) is 18.5 Å². The van der Waals surface area contributed by atoms with Crippen molar-refractivity contribution in [3.05, 3.63) is 29.8 Å². The zero-order valence-corrected chi connectivity index (χ0v) is 12.5. The molecule has 112 valence electrons. The number of benzene rings is 1. The van der Waals surface area contributed by atoms with Crippen LogP contribution in [0.2, 0.25) is 0 Å². The van der Waals surface area contributed by atoms with Gasteiger partial charge in [-0.3, -0.25) is 0 Å². The lowest BCUT2D eigenvalue weighted by atomic mass is 9.93. The summed E-state index contributed by atoms with van der Waals surface area (Å²) in [5.41, 5.74) is 7.01. The summed E-state index contributed by atoms with van der Waals surface area (Å²) in [6.45, 7) is 8.09. The standard InChI is InChI=1S/C16H26N2O2/c1-16(2)7-8-18(12-16)10-14(19)11-20-15-6-4-3-5-13(15)9-17/h3-6,14,19H,7-12,17H2,1-2H3. The minimum absolute atomic E-state index is 0.313. The summed E-state index contributed by atoms with van der Waals surface area (Å²) in [6, 6.07) is 7.71. The summed E-state index contributed by atoms with van der Waals surface area (Å²) >= 11 is 0. The van der Waals surface area contributed by atoms with E-state index >= 15 is 0 Å². The molecule has 4 nitrogen and oxygen atoms in total. The van der Waals surface area contributed by atoms with Crippen LogP contribution in [0.4, 0.5) is 0 Å². The first-order valence-corrected chi connectivity index (χ1v) is 7.31. The van der Waals surface area contributed by atoms with Crippen LogP contribution in [0.3, 0.4) is 0 Å². The van der Waals surface area contributed by atoms with Crippen LogP contribution in [0.15, 0.2) is 24.3 Å². The van der Waals surface area contributed by atoms with E-state index in [2.05, 4.69) is 18.7 Å². The molecule has 2 rings (SSSR count). The summed E-state index contributed by atoms with van der Waals surface area (Å²) in [5, 5.41) is 10.1. The Morgan fingerprint density at radius 2 is 2.15 bits per heavy atom. The molecule has 1 fully saturated rings. The molecule has 0 spiro atoms. The number of rotatable bonds is 6. The van der Waals surface area contributed by atoms with E-state index < -0.39 is 6.10 Å². The fourth-order valence-corrected chi connectivity index (χ4v) is 2.73. The van der Waals surface area contributed by atoms with E-state index in [4.69, 9.17) is 10.5 Å². The molecule has 0 saturated carbocycles. The van der Waals surface area contributed by atoms with Crippen molar-refractivity contribution < 1.29 is 9.84 Å². The van der Waals surface area contributed by atoms with Gasteiger partial charge in [-0.25, -0.2) is 0 Å². The van der Waals surface area contributed by atoms with Gasteiger partial charge in [0.2, 0.25) is 0 Å². The number of nitrogens with two attached hydrogens (primary N) is 1. The number of aliphatic hydroxyl groups is 1. The molecule has 1 unspecified atom stereocenters. The molecular formula is C16H26N2O2. The van der Waals surface area contributed by atoms with E-state index in [9.17, 15) is 5.11 Å². The lowest BCUT2D eigenvalue weighted by Crippen LogP contribution is -2.35. The fraction of sp³-hybridized carbons (Fsp3) is 0.625. The largest absolute Gasteiger partial charge is 0.491 e. The Morgan fingerprint density at radius 1 is 1.40 bits per heavy atom. The van der Waals surface area contributed by atoms with Crippen molar-refractivity contribution in [3.63, 3.8) is 0 Å². The number of para-hydroxylation sites is 1. The van der Waals surface area contributed by atoms with Gasteiger partial charge in [0.15, 0.2) is 0 Å². The third-order valence-corrected chi connectivity index (χ3v) is 3.85. The molecule has 1 heterocycles. The van der Waals surface area contributed by atoms with E-state index in [0.29, 0.717) is 25.1 Å². The first-order chi connectivity index (χ1) is 9.50. The summed E-state index contributed by atoms with van der Waals surface area (Å²) < 4.78 is 5.70. The molecule has 1 aliphatic heterocycles. The van der Waals surface area contributed by atoms with Crippen molar-refractivity contribution in [1.29, 1.82) is 0 Å². The van der Waals surface area contributed by atoms with E-state index in [1.165, 1.54) is 6.42 Å². The highest BCUT2D eigenvalue weighted by molar-refractivity contribution is 5.32. The van der Waals surface area contributed by atoms with Gasteiger partial charge < -0.3 is 20.5 Å². The first-order valence-electron chi connectivity index (χ1n) is 7.31. The quantitative estimate of drug-likeness (QED) is 0.830. The Kier molecular flexibility index (Phi) is 5.02. The van der Waals surface area contributed by atoms with Gasteiger partial charge in [0.25, 0.3) is 0 Å². The molecule has 1 aromatic rings. The van der Waals surface area contributed by atoms with E-state index in [1.54, 1.807) is 0 Å². The van der Waals surface area contributed by atoms with Gasteiger partial charge in [-0.2, -0.15) is 0 Å². The molecule has 3 N–H and O–H groups in total. The maximum absolute atomic E-state index is 10.1. The zero-order valence-electron chi connectivity index (χ0n) is 12.5. The minimum Gasteiger partial charge on any atom is -0.491 e. The molecule has 1 atom stereocenters. The second-order valence-corrected chi connectivity index (χ2v) is 6.43. The van der Waals surface area contributed by atoms with E-state index in [-0.39, 0.29) is 0 Å². The second-order valence-electron chi connectivity index (χ2n) is 6.43. The average molecular weight is 278 g/mol. The summed E-state index contributed by atoms with van der Waals surface area (Å²) in [4.78, 5) is 2.31. The van der Waals surface area contributed by atoms with Gasteiger partial charge in [-0.05, 0) is 24.4 Å². The molecule has 0 aromatic heterocycles. The lowest BCUT2D eigenvalue weighted by Gasteiger charge is -2.22. The molecule has 1 aromatic carbocycles. The highest BCUT2D eigenvalue weighted by atomic mass is 16.5. The summed E-state index contributed by atoms with van der Waals surface area (Å²) in [6.07, 6.45) is 0.728. The zero-order chi connectivity index (χ0) is 14.6. The molecule has 20 heavy (non-hydrogen) atoms. The van der Waals surface area contributed by atoms with Gasteiger partial charge >= 0.3 is 0 Å². The average Bonchev–Trinajstić information content (AvgIpc) is 2.76. The van der Waals surface area contributed by atoms with Crippen LogP contribution >= 0.6 is 0 Å². The maximum Gasteiger partial charge on any atom is 0.123 e. The molecular weight excluding hydrogens is 252 g/mol. The number of hydrogen-bond donors (Lipinski definition) is 2. The lowest BCUT2D eigenvalue weighted by molar-refractivity contribution is 0.0726. The van der Waals surface area contributed by atoms with Gasteiger partial charge in [0, 0.05) is 25.2 Å². The summed E-state index contributed by atoms with van der Waals surface area (Å²) in [5.74, 6) is 0.774. The molecule has 4 heteroatoms. The van der Waals surface area contributed by atoms with E-state index in [1.807, 2.05) is 24.3 Å². The molecule has 0 bridgehead atoms. The van der Waals surface area contributed by atoms with Crippen LogP contribution in [-0.2, 0) is 6.54 Å². The Labute approximate surface area is 121 Å². The highest BCUT2D eigenvalue weighted by Gasteiger charge is 2.30. The number of likely N-dealkylation sites (tertiary alicyclic amines) is 1. The van der Waals surface area contributed by atoms with Crippen LogP contribution in [0.1, 0.15) is 25.8 Å². The van der Waals surface area contributed by atoms with Crippen LogP contribution in [0.5, 0.6) is 5.75 Å². The Balaban J connectivity index is 1.79. The Bertz CT molecular complexity index is 434. The number of β-amino-alcohol motifs (C(OH)–C–C–N with tert-alkyl or cyclic N) is 1. The van der Waals surface area contributed by atoms with Crippen molar-refractivity contribution in [2.24, 2.45) is 11.1 Å². The normalized spacial score (nSPS) is 20.0. The first kappa shape index (κ1) is 15.3. The predicted octanol–water partition coefficient (Wildman–Crippen LogP) is 1.62. The topological polar surface area (TPSA) is 58.7 Å². The van der Waals surface area contributed by atoms with Crippen LogP contribution in [-0.4, -0.2) is 42.4 Å². The smallest absolute Gasteiger partial charge is 0.123 e. The maximum atomic E-state index is 10.1. The number of aliphatic hydroxyl groups excluding tert-OH is 1. The monoisotopic (exact) mass is 278 g/mol. The second kappa shape index (κ2) is 6.57. The Hall–Kier alpha value is -1.10. The number of hydrogen-bond acceptors (Lipinski definition) is 4. The van der Waals surface area contributed by atoms with Gasteiger partial charge in [-0.15, -0.1) is 0 Å². The summed E-state index contributed by atoms with van der Waals surface area (Å²) in [7, 11) is 0. The number of ether oxygens (including phenoxy) is 1. The van der Waals surface area contributed by atoms with Crippen molar-refractivity contribution in [2.45, 2.75) is 32.9 Å². The van der Waals surface area contributed by atoms with Crippen molar-refractivity contribution in [2.75, 3.05) is 26.2 Å². The molecule has 0 aliphatic carbocycles. The van der Waals surface area contributed by atoms with Crippen LogP contribution in [0, 0.1) is 5.41 Å².